The van der Waals surface area contributed by atoms with Crippen LogP contribution in [0, 0.1) is 22.9 Å². The van der Waals surface area contributed by atoms with Gasteiger partial charge in [-0.15, -0.1) is 11.1 Å². The lowest BCUT2D eigenvalue weighted by atomic mass is 10.7. The minimum atomic E-state index is -1.29. The molecule has 0 unspecified atom stereocenters. The second-order valence-corrected chi connectivity index (χ2v) is 15.0. The molecule has 0 bridgehead atoms. The van der Waals surface area contributed by atoms with Crippen molar-refractivity contribution in [1.29, 1.82) is 0 Å². The van der Waals surface area contributed by atoms with Crippen molar-refractivity contribution in [1.82, 2.24) is 0 Å². The van der Waals surface area contributed by atoms with Crippen LogP contribution in [0.1, 0.15) is 41.5 Å². The normalized spacial score (nSPS) is 11.2. The van der Waals surface area contributed by atoms with Gasteiger partial charge in [0.1, 0.15) is 16.1 Å². The van der Waals surface area contributed by atoms with Crippen LogP contribution in [0.4, 0.5) is 0 Å². The Kier molecular flexibility index (Phi) is 8.41. The third-order valence-corrected chi connectivity index (χ3v) is 14.2. The lowest BCUT2D eigenvalue weighted by Gasteiger charge is -2.20. The average molecular weight is 279 g/mol. The van der Waals surface area contributed by atoms with Gasteiger partial charge < -0.3 is 0 Å². The first-order chi connectivity index (χ1) is 8.57. The molecule has 0 fully saturated rings. The van der Waals surface area contributed by atoms with Crippen molar-refractivity contribution in [3.05, 3.63) is 0 Å². The smallest absolute Gasteiger partial charge is 0.117 e. The highest BCUT2D eigenvalue weighted by atomic mass is 28.3. The summed E-state index contributed by atoms with van der Waals surface area (Å²) < 4.78 is 0. The standard InChI is InChI=1S/C16H30Si2/c1-7-17(8-2,9-3)15-13-14-16-18(10-4,11-5)12-6/h7-12H2,1-6H3. The predicted octanol–water partition coefficient (Wildman–Crippen LogP) is 5.09. The molecule has 0 radical (unpaired) electrons. The topological polar surface area (TPSA) is 0 Å². The molecule has 0 heterocycles. The van der Waals surface area contributed by atoms with Gasteiger partial charge in [-0.25, -0.2) is 0 Å². The Labute approximate surface area is 117 Å². The van der Waals surface area contributed by atoms with E-state index < -0.39 is 16.1 Å². The van der Waals surface area contributed by atoms with Gasteiger partial charge in [0.2, 0.25) is 0 Å². The van der Waals surface area contributed by atoms with E-state index in [0.717, 1.165) is 0 Å². The molecule has 0 N–H and O–H groups in total. The van der Waals surface area contributed by atoms with Crippen LogP contribution in [0.3, 0.4) is 0 Å². The number of hydrogen-bond donors (Lipinski definition) is 0. The average Bonchev–Trinajstić information content (AvgIpc) is 2.45. The van der Waals surface area contributed by atoms with E-state index in [0.29, 0.717) is 0 Å². The van der Waals surface area contributed by atoms with Crippen molar-refractivity contribution < 1.29 is 0 Å². The molecule has 0 aromatic heterocycles. The molecule has 0 aliphatic rings. The predicted molar refractivity (Wildman–Crippen MR) is 89.9 cm³/mol. The lowest BCUT2D eigenvalue weighted by Crippen LogP contribution is -2.30. The molecule has 0 rings (SSSR count). The Morgan fingerprint density at radius 2 is 0.722 bits per heavy atom. The molecule has 0 amide bonds. The fourth-order valence-electron chi connectivity index (χ4n) is 2.36. The van der Waals surface area contributed by atoms with Crippen molar-refractivity contribution in [2.24, 2.45) is 0 Å². The molecule has 0 saturated carbocycles. The van der Waals surface area contributed by atoms with Gasteiger partial charge in [-0.2, -0.15) is 0 Å². The molecular weight excluding hydrogens is 248 g/mol. The SMILES string of the molecule is CC[Si](C#CC#C[Si](CC)(CC)CC)(CC)CC. The Balaban J connectivity index is 4.97. The van der Waals surface area contributed by atoms with E-state index in [1.54, 1.807) is 0 Å². The van der Waals surface area contributed by atoms with Gasteiger partial charge in [-0.1, -0.05) is 41.5 Å². The summed E-state index contributed by atoms with van der Waals surface area (Å²) in [6, 6.07) is 7.62. The van der Waals surface area contributed by atoms with Gasteiger partial charge in [-0.3, -0.25) is 0 Å². The fourth-order valence-corrected chi connectivity index (χ4v) is 7.07. The van der Waals surface area contributed by atoms with Gasteiger partial charge in [0.15, 0.2) is 0 Å². The van der Waals surface area contributed by atoms with Gasteiger partial charge >= 0.3 is 0 Å². The van der Waals surface area contributed by atoms with Gasteiger partial charge in [0.25, 0.3) is 0 Å². The summed E-state index contributed by atoms with van der Waals surface area (Å²) >= 11 is 0. The first-order valence-electron chi connectivity index (χ1n) is 7.61. The van der Waals surface area contributed by atoms with E-state index in [1.807, 2.05) is 0 Å². The molecule has 18 heavy (non-hydrogen) atoms. The van der Waals surface area contributed by atoms with Crippen molar-refractivity contribution in [2.75, 3.05) is 0 Å². The van der Waals surface area contributed by atoms with Crippen molar-refractivity contribution in [2.45, 2.75) is 77.8 Å². The zero-order chi connectivity index (χ0) is 14.1. The molecule has 0 spiro atoms. The van der Waals surface area contributed by atoms with Gasteiger partial charge in [0, 0.05) is 0 Å². The Bertz CT molecular complexity index is 288. The maximum absolute atomic E-state index is 3.56. The second kappa shape index (κ2) is 8.62. The van der Waals surface area contributed by atoms with Crippen molar-refractivity contribution in [3.8, 4) is 22.9 Å². The van der Waals surface area contributed by atoms with Crippen LogP contribution in [0.25, 0.3) is 0 Å². The largest absolute Gasteiger partial charge is 0.139 e. The summed E-state index contributed by atoms with van der Waals surface area (Å²) in [6.45, 7) is 13.8. The summed E-state index contributed by atoms with van der Waals surface area (Å²) in [5.74, 6) is 6.45. The van der Waals surface area contributed by atoms with Crippen LogP contribution in [0.15, 0.2) is 0 Å². The highest BCUT2D eigenvalue weighted by molar-refractivity contribution is 6.88. The van der Waals surface area contributed by atoms with E-state index >= 15 is 0 Å². The lowest BCUT2D eigenvalue weighted by molar-refractivity contribution is 1.20. The molecular formula is C16H30Si2. The summed E-state index contributed by atoms with van der Waals surface area (Å²) in [5, 5.41) is 0. The second-order valence-electron chi connectivity index (χ2n) is 5.18. The summed E-state index contributed by atoms with van der Waals surface area (Å²) in [7, 11) is -2.59. The Morgan fingerprint density at radius 3 is 0.889 bits per heavy atom. The third-order valence-electron chi connectivity index (χ3n) is 4.78. The maximum atomic E-state index is 3.56. The van der Waals surface area contributed by atoms with E-state index in [2.05, 4.69) is 64.5 Å². The molecule has 0 aromatic carbocycles. The molecule has 0 saturated heterocycles. The summed E-state index contributed by atoms with van der Waals surface area (Å²) in [4.78, 5) is 0. The molecule has 0 nitrogen and oxygen atoms in total. The first kappa shape index (κ1) is 17.6. The third kappa shape index (κ3) is 4.67. The highest BCUT2D eigenvalue weighted by Gasteiger charge is 2.25. The van der Waals surface area contributed by atoms with E-state index in [9.17, 15) is 0 Å². The molecule has 0 aromatic rings. The minimum absolute atomic E-state index is 1.27. The quantitative estimate of drug-likeness (QED) is 0.469. The maximum Gasteiger partial charge on any atom is 0.139 e. The van der Waals surface area contributed by atoms with Crippen LogP contribution < -0.4 is 0 Å². The molecule has 102 valence electrons. The zero-order valence-corrected chi connectivity index (χ0v) is 15.2. The monoisotopic (exact) mass is 278 g/mol. The molecule has 0 atom stereocenters. The van der Waals surface area contributed by atoms with E-state index in [1.165, 1.54) is 36.3 Å². The van der Waals surface area contributed by atoms with E-state index in [-0.39, 0.29) is 0 Å². The van der Waals surface area contributed by atoms with E-state index in [4.69, 9.17) is 0 Å². The van der Waals surface area contributed by atoms with Crippen LogP contribution in [0.5, 0.6) is 0 Å². The molecule has 0 aliphatic heterocycles. The van der Waals surface area contributed by atoms with Crippen LogP contribution >= 0.6 is 0 Å². The van der Waals surface area contributed by atoms with Crippen LogP contribution in [0.2, 0.25) is 36.3 Å². The molecule has 2 heteroatoms. The fraction of sp³-hybridized carbons (Fsp3) is 0.750. The Hall–Kier alpha value is -0.446. The van der Waals surface area contributed by atoms with Crippen molar-refractivity contribution in [3.63, 3.8) is 0 Å². The van der Waals surface area contributed by atoms with Crippen LogP contribution in [-0.2, 0) is 0 Å². The van der Waals surface area contributed by atoms with Crippen LogP contribution in [-0.4, -0.2) is 16.1 Å². The minimum Gasteiger partial charge on any atom is -0.117 e. The first-order valence-corrected chi connectivity index (χ1v) is 12.9. The molecule has 0 aliphatic carbocycles. The van der Waals surface area contributed by atoms with Crippen molar-refractivity contribution >= 4 is 16.1 Å². The number of hydrogen-bond acceptors (Lipinski definition) is 0. The van der Waals surface area contributed by atoms with Gasteiger partial charge in [0.05, 0.1) is 0 Å². The Morgan fingerprint density at radius 1 is 0.500 bits per heavy atom. The van der Waals surface area contributed by atoms with Gasteiger partial charge in [-0.05, 0) is 48.1 Å². The number of rotatable bonds is 6. The zero-order valence-electron chi connectivity index (χ0n) is 13.2. The summed E-state index contributed by atoms with van der Waals surface area (Å²) in [6.07, 6.45) is 0. The highest BCUT2D eigenvalue weighted by Crippen LogP contribution is 2.19. The summed E-state index contributed by atoms with van der Waals surface area (Å²) in [5.41, 5.74) is 7.13.